The summed E-state index contributed by atoms with van der Waals surface area (Å²) in [5.41, 5.74) is 2.71. The van der Waals surface area contributed by atoms with Crippen molar-refractivity contribution < 1.29 is 9.59 Å². The van der Waals surface area contributed by atoms with Crippen molar-refractivity contribution in [3.63, 3.8) is 0 Å². The van der Waals surface area contributed by atoms with Crippen molar-refractivity contribution >= 4 is 34.7 Å². The average molecular weight is 308 g/mol. The minimum atomic E-state index is -0.598. The van der Waals surface area contributed by atoms with Crippen molar-refractivity contribution in [1.82, 2.24) is 10.6 Å². The van der Waals surface area contributed by atoms with Gasteiger partial charge in [-0.05, 0) is 11.1 Å². The lowest BCUT2D eigenvalue weighted by Gasteiger charge is -2.21. The molecule has 0 radical (unpaired) electrons. The van der Waals surface area contributed by atoms with E-state index in [0.29, 0.717) is 11.1 Å². The minimum absolute atomic E-state index is 0.136. The zero-order chi connectivity index (χ0) is 15.5. The first-order valence-electron chi connectivity index (χ1n) is 6.68. The van der Waals surface area contributed by atoms with Gasteiger partial charge in [0.05, 0.1) is 5.57 Å². The smallest absolute Gasteiger partial charge is 0.298 e. The maximum atomic E-state index is 12.3. The lowest BCUT2D eigenvalue weighted by atomic mass is 9.92. The Bertz CT molecular complexity index is 719. The molecule has 0 aliphatic carbocycles. The van der Waals surface area contributed by atoms with Crippen LogP contribution >= 0.6 is 12.2 Å². The molecule has 3 amide bonds. The Morgan fingerprint density at radius 1 is 0.773 bits per heavy atom. The maximum Gasteiger partial charge on any atom is 0.326 e. The Hall–Kier alpha value is -2.79. The summed E-state index contributed by atoms with van der Waals surface area (Å²) in [5.74, 6) is -0.489. The van der Waals surface area contributed by atoms with E-state index < -0.39 is 11.9 Å². The number of imide groups is 1. The molecule has 5 heteroatoms. The molecule has 1 saturated heterocycles. The second kappa shape index (κ2) is 5.91. The van der Waals surface area contributed by atoms with Gasteiger partial charge in [0.2, 0.25) is 0 Å². The first-order chi connectivity index (χ1) is 10.7. The van der Waals surface area contributed by atoms with Crippen molar-refractivity contribution in [3.05, 3.63) is 77.4 Å². The van der Waals surface area contributed by atoms with Crippen LogP contribution < -0.4 is 10.6 Å². The highest BCUT2D eigenvalue weighted by molar-refractivity contribution is 7.81. The van der Waals surface area contributed by atoms with E-state index in [2.05, 4.69) is 10.6 Å². The fourth-order valence-corrected chi connectivity index (χ4v) is 2.65. The molecule has 1 aliphatic heterocycles. The molecule has 108 valence electrons. The van der Waals surface area contributed by atoms with E-state index in [4.69, 9.17) is 12.2 Å². The van der Waals surface area contributed by atoms with Crippen LogP contribution in [0.4, 0.5) is 4.79 Å². The highest BCUT2D eigenvalue weighted by Crippen LogP contribution is 2.28. The quantitative estimate of drug-likeness (QED) is 0.662. The van der Waals surface area contributed by atoms with Crippen LogP contribution in [-0.2, 0) is 4.79 Å². The lowest BCUT2D eigenvalue weighted by molar-refractivity contribution is -0.116. The van der Waals surface area contributed by atoms with E-state index in [-0.39, 0.29) is 4.99 Å². The number of thiocarbonyl (C=S) groups is 1. The molecular weight excluding hydrogens is 296 g/mol. The highest BCUT2D eigenvalue weighted by atomic mass is 32.1. The third kappa shape index (κ3) is 2.66. The molecule has 1 aliphatic rings. The monoisotopic (exact) mass is 308 g/mol. The Morgan fingerprint density at radius 3 is 1.73 bits per heavy atom. The van der Waals surface area contributed by atoms with Crippen LogP contribution in [0.1, 0.15) is 11.1 Å². The van der Waals surface area contributed by atoms with Gasteiger partial charge >= 0.3 is 6.03 Å². The summed E-state index contributed by atoms with van der Waals surface area (Å²) in [7, 11) is 0. The molecule has 0 unspecified atom stereocenters. The minimum Gasteiger partial charge on any atom is -0.298 e. The molecule has 1 fully saturated rings. The fraction of sp³-hybridized carbons (Fsp3) is 0. The standard InChI is InChI=1S/C17H12N2O2S/c20-15-14(16(22)19-17(21)18-15)13(11-7-3-1-4-8-11)12-9-5-2-6-10-12/h1-10H,(H2,18,19,20,21,22). The number of nitrogens with one attached hydrogen (secondary N) is 2. The zero-order valence-corrected chi connectivity index (χ0v) is 12.3. The highest BCUT2D eigenvalue weighted by Gasteiger charge is 2.29. The number of benzene rings is 2. The molecule has 2 N–H and O–H groups in total. The molecule has 0 atom stereocenters. The van der Waals surface area contributed by atoms with Crippen LogP contribution in [-0.4, -0.2) is 16.9 Å². The van der Waals surface area contributed by atoms with Gasteiger partial charge in [0, 0.05) is 5.57 Å². The maximum absolute atomic E-state index is 12.3. The molecule has 3 rings (SSSR count). The lowest BCUT2D eigenvalue weighted by Crippen LogP contribution is -2.51. The molecule has 2 aromatic carbocycles. The van der Waals surface area contributed by atoms with Crippen LogP contribution in [0.5, 0.6) is 0 Å². The van der Waals surface area contributed by atoms with Gasteiger partial charge in [-0.25, -0.2) is 4.79 Å². The second-order valence-electron chi connectivity index (χ2n) is 4.72. The van der Waals surface area contributed by atoms with Crippen LogP contribution in [0.2, 0.25) is 0 Å². The van der Waals surface area contributed by atoms with E-state index in [9.17, 15) is 9.59 Å². The van der Waals surface area contributed by atoms with E-state index in [1.54, 1.807) is 0 Å². The molecule has 0 bridgehead atoms. The van der Waals surface area contributed by atoms with Gasteiger partial charge in [-0.15, -0.1) is 0 Å². The van der Waals surface area contributed by atoms with Crippen molar-refractivity contribution in [2.24, 2.45) is 0 Å². The number of hydrogen-bond acceptors (Lipinski definition) is 3. The van der Waals surface area contributed by atoms with Gasteiger partial charge in [-0.3, -0.25) is 15.4 Å². The van der Waals surface area contributed by atoms with Crippen LogP contribution in [0, 0.1) is 0 Å². The molecule has 0 aromatic heterocycles. The Balaban J connectivity index is 2.26. The summed E-state index contributed by atoms with van der Waals surface area (Å²) >= 11 is 5.21. The van der Waals surface area contributed by atoms with Crippen molar-refractivity contribution in [2.75, 3.05) is 0 Å². The van der Waals surface area contributed by atoms with Gasteiger partial charge in [-0.2, -0.15) is 0 Å². The van der Waals surface area contributed by atoms with E-state index in [1.165, 1.54) is 0 Å². The first kappa shape index (κ1) is 14.2. The van der Waals surface area contributed by atoms with E-state index in [0.717, 1.165) is 11.1 Å². The predicted molar refractivity (Wildman–Crippen MR) is 88.2 cm³/mol. The summed E-state index contributed by atoms with van der Waals surface area (Å²) in [5, 5.41) is 4.73. The van der Waals surface area contributed by atoms with Crippen molar-refractivity contribution in [1.29, 1.82) is 0 Å². The average Bonchev–Trinajstić information content (AvgIpc) is 2.52. The molecular formula is C17H12N2O2S. The predicted octanol–water partition coefficient (Wildman–Crippen LogP) is 2.66. The fourth-order valence-electron chi connectivity index (χ4n) is 2.36. The number of rotatable bonds is 2. The van der Waals surface area contributed by atoms with Gasteiger partial charge in [0.15, 0.2) is 0 Å². The number of urea groups is 1. The van der Waals surface area contributed by atoms with Crippen LogP contribution in [0.15, 0.2) is 66.2 Å². The molecule has 4 nitrogen and oxygen atoms in total. The number of carbonyl (C=O) groups excluding carboxylic acids is 2. The van der Waals surface area contributed by atoms with Gasteiger partial charge in [0.1, 0.15) is 4.99 Å². The normalized spacial score (nSPS) is 14.4. The molecule has 2 aromatic rings. The summed E-state index contributed by atoms with van der Waals surface area (Å²) in [6.45, 7) is 0. The molecule has 22 heavy (non-hydrogen) atoms. The van der Waals surface area contributed by atoms with E-state index >= 15 is 0 Å². The zero-order valence-electron chi connectivity index (χ0n) is 11.5. The van der Waals surface area contributed by atoms with Crippen molar-refractivity contribution in [2.45, 2.75) is 0 Å². The molecule has 0 spiro atoms. The van der Waals surface area contributed by atoms with Gasteiger partial charge in [-0.1, -0.05) is 72.9 Å². The molecule has 1 heterocycles. The Morgan fingerprint density at radius 2 is 1.27 bits per heavy atom. The largest absolute Gasteiger partial charge is 0.326 e. The summed E-state index contributed by atoms with van der Waals surface area (Å²) in [6.07, 6.45) is 0. The number of carbonyl (C=O) groups is 2. The number of hydrogen-bond donors (Lipinski definition) is 2. The first-order valence-corrected chi connectivity index (χ1v) is 7.09. The SMILES string of the molecule is O=C1NC(=O)C(=C(c2ccccc2)c2ccccc2)C(=S)N1. The summed E-state index contributed by atoms with van der Waals surface area (Å²) in [6, 6.07) is 18.4. The molecule has 0 saturated carbocycles. The second-order valence-corrected chi connectivity index (χ2v) is 5.13. The van der Waals surface area contributed by atoms with Crippen molar-refractivity contribution in [3.8, 4) is 0 Å². The Labute approximate surface area is 132 Å². The Kier molecular flexibility index (Phi) is 3.80. The summed E-state index contributed by atoms with van der Waals surface area (Å²) in [4.78, 5) is 23.8. The third-order valence-electron chi connectivity index (χ3n) is 3.28. The topological polar surface area (TPSA) is 58.2 Å². The van der Waals surface area contributed by atoms with Crippen LogP contribution in [0.3, 0.4) is 0 Å². The van der Waals surface area contributed by atoms with Gasteiger partial charge in [0.25, 0.3) is 5.91 Å². The summed E-state index contributed by atoms with van der Waals surface area (Å²) < 4.78 is 0. The van der Waals surface area contributed by atoms with Gasteiger partial charge < -0.3 is 0 Å². The van der Waals surface area contributed by atoms with Crippen LogP contribution in [0.25, 0.3) is 5.57 Å². The van der Waals surface area contributed by atoms with E-state index in [1.807, 2.05) is 60.7 Å². The number of amides is 3. The third-order valence-corrected chi connectivity index (χ3v) is 3.59.